The molecule has 0 aliphatic heterocycles. The third kappa shape index (κ3) is 4.14. The van der Waals surface area contributed by atoms with E-state index in [0.717, 1.165) is 0 Å². The number of aromatic nitrogens is 2. The molecule has 0 atom stereocenters. The third-order valence-electron chi connectivity index (χ3n) is 1.93. The van der Waals surface area contributed by atoms with Crippen LogP contribution in [0.1, 0.15) is 34.6 Å². The van der Waals surface area contributed by atoms with Gasteiger partial charge < -0.3 is 4.74 Å². The quantitative estimate of drug-likeness (QED) is 0.775. The van der Waals surface area contributed by atoms with Crippen LogP contribution in [0.4, 0.5) is 10.7 Å². The average Bonchev–Trinajstić information content (AvgIpc) is 2.13. The van der Waals surface area contributed by atoms with Gasteiger partial charge in [-0.1, -0.05) is 11.6 Å². The summed E-state index contributed by atoms with van der Waals surface area (Å²) in [7, 11) is 0. The lowest BCUT2D eigenvalue weighted by atomic mass is 10.2. The monoisotopic (exact) mass is 271 g/mol. The Morgan fingerprint density at radius 2 is 2.06 bits per heavy atom. The van der Waals surface area contributed by atoms with Crippen molar-refractivity contribution in [3.8, 4) is 0 Å². The summed E-state index contributed by atoms with van der Waals surface area (Å²) in [5.74, 6) is 0.242. The number of amides is 1. The van der Waals surface area contributed by atoms with Crippen LogP contribution in [0.5, 0.6) is 0 Å². The normalized spacial score (nSPS) is 11.5. The van der Waals surface area contributed by atoms with Crippen LogP contribution in [-0.4, -0.2) is 27.7 Å². The van der Waals surface area contributed by atoms with Crippen molar-refractivity contribution in [3.63, 3.8) is 0 Å². The Morgan fingerprint density at radius 1 is 1.44 bits per heavy atom. The SMILES string of the molecule is CC(C)N(C(=O)OC(C)(C)C)c1nccc(Cl)n1. The minimum absolute atomic E-state index is 0.127. The molecule has 0 saturated carbocycles. The number of ether oxygens (including phenoxy) is 1. The van der Waals surface area contributed by atoms with E-state index >= 15 is 0 Å². The molecule has 0 aliphatic carbocycles. The van der Waals surface area contributed by atoms with Gasteiger partial charge in [-0.3, -0.25) is 0 Å². The first kappa shape index (κ1) is 14.7. The molecule has 0 fully saturated rings. The molecule has 1 aromatic heterocycles. The highest BCUT2D eigenvalue weighted by molar-refractivity contribution is 6.29. The molecule has 0 saturated heterocycles. The maximum absolute atomic E-state index is 12.1. The van der Waals surface area contributed by atoms with E-state index in [2.05, 4.69) is 9.97 Å². The molecule has 0 spiro atoms. The fourth-order valence-electron chi connectivity index (χ4n) is 1.28. The fraction of sp³-hybridized carbons (Fsp3) is 0.583. The summed E-state index contributed by atoms with van der Waals surface area (Å²) < 4.78 is 5.32. The van der Waals surface area contributed by atoms with Gasteiger partial charge in [-0.05, 0) is 40.7 Å². The van der Waals surface area contributed by atoms with Crippen LogP contribution in [0, 0.1) is 0 Å². The van der Waals surface area contributed by atoms with Crippen LogP contribution in [0.2, 0.25) is 5.15 Å². The molecular formula is C12H18ClN3O2. The van der Waals surface area contributed by atoms with Gasteiger partial charge in [0.15, 0.2) is 0 Å². The van der Waals surface area contributed by atoms with Gasteiger partial charge in [-0.25, -0.2) is 19.7 Å². The van der Waals surface area contributed by atoms with E-state index in [1.54, 1.807) is 6.07 Å². The van der Waals surface area contributed by atoms with Crippen LogP contribution < -0.4 is 4.90 Å². The summed E-state index contributed by atoms with van der Waals surface area (Å²) in [6, 6.07) is 1.43. The minimum atomic E-state index is -0.567. The lowest BCUT2D eigenvalue weighted by Crippen LogP contribution is -2.42. The predicted molar refractivity (Wildman–Crippen MR) is 70.9 cm³/mol. The number of carbonyl (C=O) groups is 1. The van der Waals surface area contributed by atoms with E-state index in [0.29, 0.717) is 0 Å². The number of carbonyl (C=O) groups excluding carboxylic acids is 1. The van der Waals surface area contributed by atoms with Crippen LogP contribution >= 0.6 is 11.6 Å². The zero-order valence-electron chi connectivity index (χ0n) is 11.3. The van der Waals surface area contributed by atoms with Crippen molar-refractivity contribution in [2.75, 3.05) is 4.90 Å². The molecule has 0 aliphatic rings. The van der Waals surface area contributed by atoms with Gasteiger partial charge in [-0.2, -0.15) is 0 Å². The number of nitrogens with zero attached hydrogens (tertiary/aromatic N) is 3. The van der Waals surface area contributed by atoms with E-state index in [1.807, 2.05) is 34.6 Å². The van der Waals surface area contributed by atoms with Crippen LogP contribution in [0.3, 0.4) is 0 Å². The first-order valence-electron chi connectivity index (χ1n) is 5.71. The van der Waals surface area contributed by atoms with Gasteiger partial charge in [0.2, 0.25) is 5.95 Å². The van der Waals surface area contributed by atoms with Crippen molar-refractivity contribution in [2.45, 2.75) is 46.3 Å². The van der Waals surface area contributed by atoms with Gasteiger partial charge in [0.1, 0.15) is 10.8 Å². The summed E-state index contributed by atoms with van der Waals surface area (Å²) in [4.78, 5) is 21.5. The van der Waals surface area contributed by atoms with Gasteiger partial charge in [0, 0.05) is 12.2 Å². The Labute approximate surface area is 112 Å². The molecule has 18 heavy (non-hydrogen) atoms. The van der Waals surface area contributed by atoms with E-state index in [1.165, 1.54) is 11.1 Å². The van der Waals surface area contributed by atoms with Crippen molar-refractivity contribution < 1.29 is 9.53 Å². The van der Waals surface area contributed by atoms with Gasteiger partial charge in [0.25, 0.3) is 0 Å². The van der Waals surface area contributed by atoms with Crippen LogP contribution in [0.25, 0.3) is 0 Å². The molecule has 100 valence electrons. The minimum Gasteiger partial charge on any atom is -0.443 e. The Morgan fingerprint density at radius 3 is 2.50 bits per heavy atom. The van der Waals surface area contributed by atoms with E-state index in [9.17, 15) is 4.79 Å². The molecule has 0 bridgehead atoms. The van der Waals surface area contributed by atoms with Gasteiger partial charge >= 0.3 is 6.09 Å². The molecule has 6 heteroatoms. The lowest BCUT2D eigenvalue weighted by molar-refractivity contribution is 0.0568. The molecule has 1 amide bonds. The summed E-state index contributed by atoms with van der Waals surface area (Å²) in [6.07, 6.45) is 1.02. The zero-order chi connectivity index (χ0) is 13.9. The predicted octanol–water partition coefficient (Wildman–Crippen LogP) is 3.28. The van der Waals surface area contributed by atoms with Crippen molar-refractivity contribution in [1.82, 2.24) is 9.97 Å². The van der Waals surface area contributed by atoms with Crippen molar-refractivity contribution in [2.24, 2.45) is 0 Å². The van der Waals surface area contributed by atoms with Crippen LogP contribution in [0.15, 0.2) is 12.3 Å². The van der Waals surface area contributed by atoms with Crippen molar-refractivity contribution >= 4 is 23.6 Å². The van der Waals surface area contributed by atoms with Crippen molar-refractivity contribution in [3.05, 3.63) is 17.4 Å². The lowest BCUT2D eigenvalue weighted by Gasteiger charge is -2.28. The summed E-state index contributed by atoms with van der Waals surface area (Å²) in [6.45, 7) is 9.13. The smallest absolute Gasteiger partial charge is 0.417 e. The highest BCUT2D eigenvalue weighted by atomic mass is 35.5. The number of halogens is 1. The second kappa shape index (κ2) is 5.52. The maximum atomic E-state index is 12.1. The Hall–Kier alpha value is -1.36. The fourth-order valence-corrected chi connectivity index (χ4v) is 1.41. The molecule has 1 aromatic rings. The standard InChI is InChI=1S/C12H18ClN3O2/c1-8(2)16(11(17)18-12(3,4)5)10-14-7-6-9(13)15-10/h6-8H,1-5H3. The highest BCUT2D eigenvalue weighted by Gasteiger charge is 2.27. The van der Waals surface area contributed by atoms with Gasteiger partial charge in [-0.15, -0.1) is 0 Å². The number of hydrogen-bond acceptors (Lipinski definition) is 4. The molecule has 1 heterocycles. The summed E-state index contributed by atoms with van der Waals surface area (Å²) >= 11 is 5.80. The summed E-state index contributed by atoms with van der Waals surface area (Å²) in [5.41, 5.74) is -0.567. The topological polar surface area (TPSA) is 55.3 Å². The van der Waals surface area contributed by atoms with Crippen molar-refractivity contribution in [1.29, 1.82) is 0 Å². The number of anilines is 1. The third-order valence-corrected chi connectivity index (χ3v) is 2.14. The Bertz CT molecular complexity index is 430. The molecule has 0 radical (unpaired) electrons. The molecular weight excluding hydrogens is 254 g/mol. The Balaban J connectivity index is 3.00. The maximum Gasteiger partial charge on any atom is 0.417 e. The Kier molecular flexibility index (Phi) is 4.51. The second-order valence-electron chi connectivity index (χ2n) is 5.12. The molecule has 5 nitrogen and oxygen atoms in total. The first-order chi connectivity index (χ1) is 8.20. The first-order valence-corrected chi connectivity index (χ1v) is 6.09. The molecule has 0 N–H and O–H groups in total. The zero-order valence-corrected chi connectivity index (χ0v) is 12.0. The van der Waals surface area contributed by atoms with Gasteiger partial charge in [0.05, 0.1) is 0 Å². The summed E-state index contributed by atoms with van der Waals surface area (Å²) in [5, 5.41) is 0.286. The molecule has 1 rings (SSSR count). The average molecular weight is 272 g/mol. The second-order valence-corrected chi connectivity index (χ2v) is 5.51. The molecule has 0 unspecified atom stereocenters. The molecule has 0 aromatic carbocycles. The highest BCUT2D eigenvalue weighted by Crippen LogP contribution is 2.18. The van der Waals surface area contributed by atoms with Crippen LogP contribution in [-0.2, 0) is 4.74 Å². The van der Waals surface area contributed by atoms with E-state index in [-0.39, 0.29) is 17.1 Å². The van der Waals surface area contributed by atoms with E-state index < -0.39 is 11.7 Å². The largest absolute Gasteiger partial charge is 0.443 e. The number of rotatable bonds is 2. The van der Waals surface area contributed by atoms with E-state index in [4.69, 9.17) is 16.3 Å². The number of hydrogen-bond donors (Lipinski definition) is 0.